The Morgan fingerprint density at radius 1 is 0.812 bits per heavy atom. The summed E-state index contributed by atoms with van der Waals surface area (Å²) in [5.41, 5.74) is 0.424. The zero-order valence-electron chi connectivity index (χ0n) is 18.5. The van der Waals surface area contributed by atoms with Crippen molar-refractivity contribution in [3.8, 4) is 11.5 Å². The summed E-state index contributed by atoms with van der Waals surface area (Å²) in [4.78, 5) is 42.1. The van der Waals surface area contributed by atoms with Gasteiger partial charge in [0.15, 0.2) is 0 Å². The van der Waals surface area contributed by atoms with Crippen LogP contribution in [0.2, 0.25) is 0 Å². The van der Waals surface area contributed by atoms with Crippen molar-refractivity contribution in [3.63, 3.8) is 0 Å². The molecule has 0 bridgehead atoms. The summed E-state index contributed by atoms with van der Waals surface area (Å²) in [6.07, 6.45) is 3.44. The highest BCUT2D eigenvalue weighted by Gasteiger charge is 2.17. The summed E-state index contributed by atoms with van der Waals surface area (Å²) in [6, 6.07) is 13.8. The Hall–Kier alpha value is -3.87. The molecule has 1 heterocycles. The fourth-order valence-electron chi connectivity index (χ4n) is 2.96. The third-order valence-electron chi connectivity index (χ3n) is 4.51. The molecule has 2 aromatic carbocycles. The van der Waals surface area contributed by atoms with Crippen LogP contribution in [0.3, 0.4) is 0 Å². The SMILES string of the molecule is COc1ccc(/C=c2\[nH]c(=O)/c(=C/c3ccc(OC(=O)CC(C)(C)C)cc3)[nH]c2=O)cc1. The Balaban J connectivity index is 1.84. The predicted octanol–water partition coefficient (Wildman–Crippen LogP) is 2.07. The molecule has 0 aliphatic carbocycles. The molecule has 0 radical (unpaired) electrons. The molecular formula is C25H26N2O5. The van der Waals surface area contributed by atoms with Crippen LogP contribution < -0.4 is 31.3 Å². The second-order valence-electron chi connectivity index (χ2n) is 8.58. The number of nitrogens with one attached hydrogen (secondary N) is 2. The highest BCUT2D eigenvalue weighted by atomic mass is 16.5. The lowest BCUT2D eigenvalue weighted by molar-refractivity contribution is -0.136. The van der Waals surface area contributed by atoms with Crippen molar-refractivity contribution < 1.29 is 14.3 Å². The molecule has 32 heavy (non-hydrogen) atoms. The number of rotatable bonds is 5. The van der Waals surface area contributed by atoms with Crippen molar-refractivity contribution in [1.29, 1.82) is 0 Å². The number of aromatic amines is 2. The van der Waals surface area contributed by atoms with E-state index in [0.717, 1.165) is 5.56 Å². The smallest absolute Gasteiger partial charge is 0.311 e. The molecule has 7 heteroatoms. The Morgan fingerprint density at radius 3 is 1.66 bits per heavy atom. The van der Waals surface area contributed by atoms with Gasteiger partial charge in [-0.1, -0.05) is 45.0 Å². The molecule has 2 N–H and O–H groups in total. The van der Waals surface area contributed by atoms with Crippen LogP contribution in [0.1, 0.15) is 38.3 Å². The number of benzene rings is 2. The van der Waals surface area contributed by atoms with E-state index in [1.807, 2.05) is 20.8 Å². The van der Waals surface area contributed by atoms with Crippen LogP contribution in [-0.2, 0) is 4.79 Å². The molecule has 0 saturated carbocycles. The number of hydrogen-bond donors (Lipinski definition) is 2. The van der Waals surface area contributed by atoms with Gasteiger partial charge in [-0.15, -0.1) is 0 Å². The number of esters is 1. The van der Waals surface area contributed by atoms with Crippen molar-refractivity contribution in [2.75, 3.05) is 7.11 Å². The maximum Gasteiger partial charge on any atom is 0.311 e. The Bertz CT molecular complexity index is 1330. The van der Waals surface area contributed by atoms with E-state index in [0.29, 0.717) is 23.5 Å². The Kier molecular flexibility index (Phi) is 6.78. The zero-order valence-corrected chi connectivity index (χ0v) is 18.5. The fraction of sp³-hybridized carbons (Fsp3) is 0.240. The Labute approximate surface area is 185 Å². The van der Waals surface area contributed by atoms with Crippen LogP contribution in [0.15, 0.2) is 58.1 Å². The number of ether oxygens (including phenoxy) is 2. The van der Waals surface area contributed by atoms with Crippen LogP contribution in [-0.4, -0.2) is 23.0 Å². The van der Waals surface area contributed by atoms with E-state index in [-0.39, 0.29) is 22.1 Å². The van der Waals surface area contributed by atoms with Crippen molar-refractivity contribution >= 4 is 18.1 Å². The fourth-order valence-corrected chi connectivity index (χ4v) is 2.96. The number of methoxy groups -OCH3 is 1. The largest absolute Gasteiger partial charge is 0.497 e. The predicted molar refractivity (Wildman–Crippen MR) is 123 cm³/mol. The normalized spacial score (nSPS) is 12.6. The van der Waals surface area contributed by atoms with Crippen LogP contribution in [0, 0.1) is 5.41 Å². The van der Waals surface area contributed by atoms with E-state index in [1.165, 1.54) is 0 Å². The van der Waals surface area contributed by atoms with Crippen LogP contribution in [0.25, 0.3) is 12.2 Å². The average Bonchev–Trinajstić information content (AvgIpc) is 2.72. The minimum absolute atomic E-state index is 0.124. The molecule has 3 rings (SSSR count). The number of aromatic nitrogens is 2. The lowest BCUT2D eigenvalue weighted by atomic mass is 9.92. The van der Waals surface area contributed by atoms with Gasteiger partial charge in [0, 0.05) is 0 Å². The minimum atomic E-state index is -0.426. The summed E-state index contributed by atoms with van der Waals surface area (Å²) in [5.74, 6) is 0.812. The molecule has 0 aliphatic rings. The number of H-pyrrole nitrogens is 2. The first-order valence-corrected chi connectivity index (χ1v) is 10.1. The van der Waals surface area contributed by atoms with E-state index < -0.39 is 11.1 Å². The lowest BCUT2D eigenvalue weighted by Gasteiger charge is -2.16. The van der Waals surface area contributed by atoms with Gasteiger partial charge in [-0.3, -0.25) is 14.4 Å². The third-order valence-corrected chi connectivity index (χ3v) is 4.51. The van der Waals surface area contributed by atoms with Gasteiger partial charge in [-0.2, -0.15) is 0 Å². The molecule has 0 fully saturated rings. The summed E-state index contributed by atoms with van der Waals surface area (Å²) < 4.78 is 10.4. The maximum atomic E-state index is 12.5. The highest BCUT2D eigenvalue weighted by molar-refractivity contribution is 5.73. The summed E-state index contributed by atoms with van der Waals surface area (Å²) in [6.45, 7) is 5.89. The van der Waals surface area contributed by atoms with Gasteiger partial charge in [0.25, 0.3) is 11.1 Å². The lowest BCUT2D eigenvalue weighted by Crippen LogP contribution is -2.46. The van der Waals surface area contributed by atoms with Crippen molar-refractivity contribution in [3.05, 3.63) is 91.1 Å². The average molecular weight is 434 g/mol. The van der Waals surface area contributed by atoms with Crippen LogP contribution >= 0.6 is 0 Å². The van der Waals surface area contributed by atoms with Crippen LogP contribution in [0.5, 0.6) is 11.5 Å². The molecule has 0 atom stereocenters. The quantitative estimate of drug-likeness (QED) is 0.473. The molecule has 1 aromatic heterocycles. The molecule has 0 spiro atoms. The van der Waals surface area contributed by atoms with Gasteiger partial charge >= 0.3 is 5.97 Å². The van der Waals surface area contributed by atoms with Gasteiger partial charge in [0.2, 0.25) is 0 Å². The van der Waals surface area contributed by atoms with E-state index >= 15 is 0 Å². The standard InChI is InChI=1S/C25H26N2O5/c1-25(2,3)15-22(28)32-19-11-7-17(8-12-19)14-21-24(30)26-20(23(29)27-21)13-16-5-9-18(31-4)10-6-16/h5-14H,15H2,1-4H3,(H,26,30)(H,27,29)/b20-13-,21-14-. The summed E-state index contributed by atoms with van der Waals surface area (Å²) in [5, 5.41) is 0.276. The number of carbonyl (C=O) groups excluding carboxylic acids is 1. The first-order chi connectivity index (χ1) is 15.1. The van der Waals surface area contributed by atoms with Crippen molar-refractivity contribution in [1.82, 2.24) is 9.97 Å². The van der Waals surface area contributed by atoms with E-state index in [4.69, 9.17) is 9.47 Å². The maximum absolute atomic E-state index is 12.5. The summed E-state index contributed by atoms with van der Waals surface area (Å²) in [7, 11) is 1.57. The molecular weight excluding hydrogens is 408 g/mol. The van der Waals surface area contributed by atoms with E-state index in [1.54, 1.807) is 67.8 Å². The van der Waals surface area contributed by atoms with Crippen molar-refractivity contribution in [2.45, 2.75) is 27.2 Å². The zero-order chi connectivity index (χ0) is 23.3. The Morgan fingerprint density at radius 2 is 1.25 bits per heavy atom. The number of carbonyl (C=O) groups is 1. The molecule has 0 unspecified atom stereocenters. The van der Waals surface area contributed by atoms with Gasteiger partial charge in [0.1, 0.15) is 22.2 Å². The second-order valence-corrected chi connectivity index (χ2v) is 8.58. The van der Waals surface area contributed by atoms with Gasteiger partial charge < -0.3 is 19.4 Å². The van der Waals surface area contributed by atoms with Crippen molar-refractivity contribution in [2.24, 2.45) is 5.41 Å². The second kappa shape index (κ2) is 9.51. The van der Waals surface area contributed by atoms with Gasteiger partial charge in [-0.05, 0) is 53.0 Å². The first-order valence-electron chi connectivity index (χ1n) is 10.1. The summed E-state index contributed by atoms with van der Waals surface area (Å²) >= 11 is 0. The van der Waals surface area contributed by atoms with Gasteiger partial charge in [-0.25, -0.2) is 0 Å². The minimum Gasteiger partial charge on any atom is -0.497 e. The molecule has 7 nitrogen and oxygen atoms in total. The van der Waals surface area contributed by atoms with E-state index in [2.05, 4.69) is 9.97 Å². The molecule has 0 amide bonds. The molecule has 166 valence electrons. The monoisotopic (exact) mass is 434 g/mol. The van der Waals surface area contributed by atoms with Crippen LogP contribution in [0.4, 0.5) is 0 Å². The number of hydrogen-bond acceptors (Lipinski definition) is 5. The third kappa shape index (κ3) is 6.31. The highest BCUT2D eigenvalue weighted by Crippen LogP contribution is 2.21. The van der Waals surface area contributed by atoms with E-state index in [9.17, 15) is 14.4 Å². The topological polar surface area (TPSA) is 101 Å². The molecule has 0 saturated heterocycles. The molecule has 3 aromatic rings. The van der Waals surface area contributed by atoms with Gasteiger partial charge in [0.05, 0.1) is 13.5 Å². The first kappa shape index (κ1) is 22.8. The molecule has 0 aliphatic heterocycles.